The maximum atomic E-state index is 12.9. The first kappa shape index (κ1) is 12.1. The quantitative estimate of drug-likeness (QED) is 0.832. The van der Waals surface area contributed by atoms with Crippen LogP contribution in [0.2, 0.25) is 0 Å². The summed E-state index contributed by atoms with van der Waals surface area (Å²) >= 11 is 0. The molecule has 1 aliphatic heterocycles. The van der Waals surface area contributed by atoms with Crippen LogP contribution in [0.3, 0.4) is 0 Å². The van der Waals surface area contributed by atoms with E-state index in [0.717, 1.165) is 31.0 Å². The monoisotopic (exact) mass is 260 g/mol. The van der Waals surface area contributed by atoms with Gasteiger partial charge < -0.3 is 4.90 Å². The molecular weight excluding hydrogens is 243 g/mol. The van der Waals surface area contributed by atoms with Crippen LogP contribution in [0.4, 0.5) is 10.2 Å². The Bertz CT molecular complexity index is 576. The summed E-state index contributed by atoms with van der Waals surface area (Å²) in [5, 5.41) is 4.54. The van der Waals surface area contributed by atoms with Gasteiger partial charge in [0.25, 0.3) is 0 Å². The van der Waals surface area contributed by atoms with Gasteiger partial charge in [-0.05, 0) is 38.5 Å². The second-order valence-electron chi connectivity index (χ2n) is 5.09. The smallest absolute Gasteiger partial charge is 0.141 e. The van der Waals surface area contributed by atoms with Gasteiger partial charge in [0.1, 0.15) is 11.6 Å². The van der Waals surface area contributed by atoms with Gasteiger partial charge in [0.2, 0.25) is 0 Å². The Labute approximate surface area is 111 Å². The highest BCUT2D eigenvalue weighted by molar-refractivity contribution is 5.39. The number of aromatic nitrogens is 3. The topological polar surface area (TPSA) is 34.0 Å². The van der Waals surface area contributed by atoms with E-state index in [1.165, 1.54) is 18.0 Å². The lowest BCUT2D eigenvalue weighted by molar-refractivity contribution is 0.481. The summed E-state index contributed by atoms with van der Waals surface area (Å²) in [6, 6.07) is 5.66. The largest absolute Gasteiger partial charge is 0.354 e. The Balaban J connectivity index is 1.77. The van der Waals surface area contributed by atoms with Gasteiger partial charge >= 0.3 is 0 Å². The van der Waals surface area contributed by atoms with Crippen LogP contribution in [-0.4, -0.2) is 27.9 Å². The van der Waals surface area contributed by atoms with Crippen LogP contribution >= 0.6 is 0 Å². The van der Waals surface area contributed by atoms with Crippen molar-refractivity contribution in [3.63, 3.8) is 0 Å². The Morgan fingerprint density at radius 1 is 1.32 bits per heavy atom. The number of anilines is 1. The lowest BCUT2D eigenvalue weighted by Crippen LogP contribution is -2.22. The van der Waals surface area contributed by atoms with Crippen LogP contribution in [0.25, 0.3) is 0 Å². The number of halogens is 1. The Kier molecular flexibility index (Phi) is 2.97. The molecule has 4 nitrogen and oxygen atoms in total. The van der Waals surface area contributed by atoms with E-state index < -0.39 is 0 Å². The van der Waals surface area contributed by atoms with Crippen molar-refractivity contribution in [3.05, 3.63) is 41.6 Å². The average molecular weight is 260 g/mol. The van der Waals surface area contributed by atoms with Crippen LogP contribution in [0.15, 0.2) is 24.4 Å². The van der Waals surface area contributed by atoms with E-state index in [2.05, 4.69) is 32.7 Å². The third-order valence-corrected chi connectivity index (χ3v) is 3.59. The highest BCUT2D eigenvalue weighted by Gasteiger charge is 2.26. The molecule has 1 saturated heterocycles. The van der Waals surface area contributed by atoms with Gasteiger partial charge in [-0.3, -0.25) is 4.68 Å². The molecule has 100 valence electrons. The van der Waals surface area contributed by atoms with Gasteiger partial charge in [-0.25, -0.2) is 9.37 Å². The fraction of sp³-hybridized carbons (Fsp3) is 0.429. The number of hydrogen-bond donors (Lipinski definition) is 0. The lowest BCUT2D eigenvalue weighted by atomic mass is 10.2. The van der Waals surface area contributed by atoms with Crippen LogP contribution in [-0.2, 0) is 0 Å². The summed E-state index contributed by atoms with van der Waals surface area (Å²) in [4.78, 5) is 6.32. The van der Waals surface area contributed by atoms with Crippen molar-refractivity contribution >= 4 is 5.82 Å². The van der Waals surface area contributed by atoms with Crippen LogP contribution in [0.5, 0.6) is 0 Å². The van der Waals surface area contributed by atoms with Gasteiger partial charge in [0.05, 0.1) is 17.9 Å². The van der Waals surface area contributed by atoms with E-state index in [1.54, 1.807) is 6.07 Å². The highest BCUT2D eigenvalue weighted by atomic mass is 19.1. The summed E-state index contributed by atoms with van der Waals surface area (Å²) < 4.78 is 15.0. The van der Waals surface area contributed by atoms with Crippen LogP contribution < -0.4 is 4.90 Å². The predicted octanol–water partition coefficient (Wildman–Crippen LogP) is 2.49. The van der Waals surface area contributed by atoms with Crippen molar-refractivity contribution in [1.29, 1.82) is 0 Å². The molecule has 5 heteroatoms. The Morgan fingerprint density at radius 2 is 2.16 bits per heavy atom. The van der Waals surface area contributed by atoms with Crippen LogP contribution in [0, 0.1) is 19.7 Å². The summed E-state index contributed by atoms with van der Waals surface area (Å²) in [5.74, 6) is 0.545. The van der Waals surface area contributed by atoms with Gasteiger partial charge in [0, 0.05) is 18.8 Å². The molecule has 0 aliphatic carbocycles. The van der Waals surface area contributed by atoms with E-state index in [-0.39, 0.29) is 5.82 Å². The number of pyridine rings is 1. The van der Waals surface area contributed by atoms with Crippen molar-refractivity contribution in [3.8, 4) is 0 Å². The first-order valence-corrected chi connectivity index (χ1v) is 6.53. The molecule has 1 unspecified atom stereocenters. The molecule has 3 heterocycles. The molecule has 2 aromatic rings. The van der Waals surface area contributed by atoms with E-state index >= 15 is 0 Å². The van der Waals surface area contributed by atoms with Gasteiger partial charge in [-0.15, -0.1) is 0 Å². The number of aryl methyl sites for hydroxylation is 2. The summed E-state index contributed by atoms with van der Waals surface area (Å²) in [6.45, 7) is 5.90. The maximum Gasteiger partial charge on any atom is 0.141 e. The van der Waals surface area contributed by atoms with Crippen molar-refractivity contribution in [1.82, 2.24) is 14.8 Å². The van der Waals surface area contributed by atoms with Gasteiger partial charge in [-0.2, -0.15) is 5.10 Å². The van der Waals surface area contributed by atoms with Crippen molar-refractivity contribution in [2.45, 2.75) is 26.3 Å². The molecule has 19 heavy (non-hydrogen) atoms. The fourth-order valence-corrected chi connectivity index (χ4v) is 2.72. The molecule has 0 bridgehead atoms. The van der Waals surface area contributed by atoms with E-state index in [1.807, 2.05) is 6.92 Å². The first-order valence-electron chi connectivity index (χ1n) is 6.53. The second-order valence-corrected chi connectivity index (χ2v) is 5.09. The van der Waals surface area contributed by atoms with Crippen molar-refractivity contribution in [2.75, 3.05) is 18.0 Å². The SMILES string of the molecule is Cc1cc(C)n(C2CCN(c3ccc(F)cn3)C2)n1. The zero-order valence-electron chi connectivity index (χ0n) is 11.2. The molecule has 2 aromatic heterocycles. The third kappa shape index (κ3) is 2.32. The minimum absolute atomic E-state index is 0.293. The molecule has 1 fully saturated rings. The minimum Gasteiger partial charge on any atom is -0.354 e. The van der Waals surface area contributed by atoms with E-state index in [9.17, 15) is 4.39 Å². The molecule has 0 spiro atoms. The third-order valence-electron chi connectivity index (χ3n) is 3.59. The van der Waals surface area contributed by atoms with E-state index in [4.69, 9.17) is 0 Å². The lowest BCUT2D eigenvalue weighted by Gasteiger charge is -2.18. The number of nitrogens with zero attached hydrogens (tertiary/aromatic N) is 4. The van der Waals surface area contributed by atoms with E-state index in [0.29, 0.717) is 6.04 Å². The number of hydrogen-bond acceptors (Lipinski definition) is 3. The summed E-state index contributed by atoms with van der Waals surface area (Å²) in [7, 11) is 0. The normalized spacial score (nSPS) is 19.1. The first-order chi connectivity index (χ1) is 9.13. The molecule has 0 amide bonds. The molecule has 3 rings (SSSR count). The highest BCUT2D eigenvalue weighted by Crippen LogP contribution is 2.26. The maximum absolute atomic E-state index is 12.9. The average Bonchev–Trinajstić information content (AvgIpc) is 2.97. The molecule has 0 aromatic carbocycles. The van der Waals surface area contributed by atoms with Crippen molar-refractivity contribution < 1.29 is 4.39 Å². The zero-order valence-corrected chi connectivity index (χ0v) is 11.2. The standard InChI is InChI=1S/C14H17FN4/c1-10-7-11(2)19(17-10)13-5-6-18(9-13)14-4-3-12(15)8-16-14/h3-4,7-8,13H,5-6,9H2,1-2H3. The number of rotatable bonds is 2. The Hall–Kier alpha value is -1.91. The van der Waals surface area contributed by atoms with Gasteiger partial charge in [0.15, 0.2) is 0 Å². The second kappa shape index (κ2) is 4.64. The molecule has 1 atom stereocenters. The van der Waals surface area contributed by atoms with Gasteiger partial charge in [-0.1, -0.05) is 0 Å². The van der Waals surface area contributed by atoms with Crippen molar-refractivity contribution in [2.24, 2.45) is 0 Å². The summed E-state index contributed by atoms with van der Waals surface area (Å²) in [5.41, 5.74) is 2.24. The predicted molar refractivity (Wildman–Crippen MR) is 71.8 cm³/mol. The molecule has 1 aliphatic rings. The molecule has 0 radical (unpaired) electrons. The Morgan fingerprint density at radius 3 is 2.79 bits per heavy atom. The fourth-order valence-electron chi connectivity index (χ4n) is 2.72. The molecule has 0 N–H and O–H groups in total. The molecular formula is C14H17FN4. The zero-order chi connectivity index (χ0) is 13.4. The summed E-state index contributed by atoms with van der Waals surface area (Å²) in [6.07, 6.45) is 2.31. The van der Waals surface area contributed by atoms with Crippen LogP contribution in [0.1, 0.15) is 23.9 Å². The molecule has 0 saturated carbocycles. The minimum atomic E-state index is -0.293.